The van der Waals surface area contributed by atoms with Gasteiger partial charge in [-0.05, 0) is 188 Å². The second-order valence-corrected chi connectivity index (χ2v) is 34.8. The molecule has 8 aromatic carbocycles. The zero-order valence-corrected chi connectivity index (χ0v) is 67.1. The Labute approximate surface area is 634 Å². The quantitative estimate of drug-likeness (QED) is 0.0281. The molecule has 0 saturated heterocycles. The molecule has 1 aromatic heterocycles. The van der Waals surface area contributed by atoms with Crippen LogP contribution in [-0.2, 0) is 16.2 Å². The van der Waals surface area contributed by atoms with Crippen LogP contribution in [0.5, 0.6) is 0 Å². The Bertz CT molecular complexity index is 4150. The molecule has 1 heterocycles. The second kappa shape index (κ2) is 37.0. The van der Waals surface area contributed by atoms with Crippen LogP contribution in [0, 0.1) is 6.92 Å². The number of unbranched alkanes of at least 4 members (excludes halogenated alkanes) is 26. The Kier molecular flexibility index (Phi) is 27.5. The number of aryl methyl sites for hydroxylation is 1. The molecule has 0 atom stereocenters. The summed E-state index contributed by atoms with van der Waals surface area (Å²) in [6, 6.07) is 60.1. The van der Waals surface area contributed by atoms with Crippen LogP contribution < -0.4 is 0 Å². The topological polar surface area (TPSA) is 25.8 Å². The van der Waals surface area contributed by atoms with E-state index in [2.05, 4.69) is 208 Å². The second-order valence-electron chi connectivity index (χ2n) is 32.6. The maximum absolute atomic E-state index is 5.33. The van der Waals surface area contributed by atoms with E-state index in [0.29, 0.717) is 5.25 Å². The van der Waals surface area contributed by atoms with Gasteiger partial charge in [0.15, 0.2) is 0 Å². The molecule has 0 bridgehead atoms. The summed E-state index contributed by atoms with van der Waals surface area (Å²) in [5.41, 5.74) is 31.9. The van der Waals surface area contributed by atoms with Crippen molar-refractivity contribution in [2.24, 2.45) is 0 Å². The Morgan fingerprint density at radius 1 is 0.272 bits per heavy atom. The van der Waals surface area contributed by atoms with Crippen LogP contribution in [0.1, 0.15) is 338 Å². The van der Waals surface area contributed by atoms with Crippen LogP contribution >= 0.6 is 23.5 Å². The lowest BCUT2D eigenvalue weighted by Gasteiger charge is -2.34. The monoisotopic (exact) mass is 1410 g/mol. The SMILES string of the molecule is CCCCCCCCC1(CCCCCCCC)c2cc(-c3ccc(SC(C)C)cc3)ccc2-c2ccc(-c3ccc(-c4ccc5c(c4)C(CCCCCCCC)(CCCCCCCC)c4cc(-c6ccc7c(c6)C(CCCCCC)(CCCCCC)c6cc(C)ccc6-7)ccc4-5)c4nsnc34)cc21. The predicted octanol–water partition coefficient (Wildman–Crippen LogP) is 31.9. The average molecular weight is 1410 g/mol. The van der Waals surface area contributed by atoms with Crippen molar-refractivity contribution in [3.63, 3.8) is 0 Å². The highest BCUT2D eigenvalue weighted by molar-refractivity contribution is 7.99. The number of aromatic nitrogens is 2. The first-order valence-electron chi connectivity index (χ1n) is 42.4. The molecule has 0 fully saturated rings. The molecule has 9 aromatic rings. The summed E-state index contributed by atoms with van der Waals surface area (Å²) in [5.74, 6) is 0. The summed E-state index contributed by atoms with van der Waals surface area (Å²) in [4.78, 5) is 1.35. The first-order valence-corrected chi connectivity index (χ1v) is 44.0. The van der Waals surface area contributed by atoms with Gasteiger partial charge in [0, 0.05) is 37.5 Å². The molecule has 2 nitrogen and oxygen atoms in total. The van der Waals surface area contributed by atoms with E-state index in [4.69, 9.17) is 8.75 Å². The smallest absolute Gasteiger partial charge is 0.113 e. The molecular formula is C99H128N2S2. The average Bonchev–Trinajstić information content (AvgIpc) is 1.57. The summed E-state index contributed by atoms with van der Waals surface area (Å²) in [6.07, 6.45) is 48.8. The van der Waals surface area contributed by atoms with E-state index in [-0.39, 0.29) is 16.2 Å². The van der Waals surface area contributed by atoms with Crippen molar-refractivity contribution in [3.05, 3.63) is 185 Å². The number of fused-ring (bicyclic) bond motifs is 10. The highest BCUT2D eigenvalue weighted by Gasteiger charge is 2.46. The zero-order valence-electron chi connectivity index (χ0n) is 65.5. The third-order valence-corrected chi connectivity index (χ3v) is 26.5. The van der Waals surface area contributed by atoms with Crippen LogP contribution in [0.15, 0.2) is 150 Å². The van der Waals surface area contributed by atoms with Crippen molar-refractivity contribution < 1.29 is 0 Å². The van der Waals surface area contributed by atoms with Crippen LogP contribution in [0.4, 0.5) is 0 Å². The lowest BCUT2D eigenvalue weighted by molar-refractivity contribution is 0.398. The molecule has 0 aliphatic heterocycles. The van der Waals surface area contributed by atoms with Gasteiger partial charge in [-0.1, -0.05) is 370 Å². The van der Waals surface area contributed by atoms with Gasteiger partial charge in [0.2, 0.25) is 0 Å². The van der Waals surface area contributed by atoms with Crippen molar-refractivity contribution in [1.29, 1.82) is 0 Å². The first-order chi connectivity index (χ1) is 50.5. The summed E-state index contributed by atoms with van der Waals surface area (Å²) < 4.78 is 10.7. The lowest BCUT2D eigenvalue weighted by Crippen LogP contribution is -2.26. The normalized spacial score (nSPS) is 14.2. The largest absolute Gasteiger partial charge is 0.172 e. The van der Waals surface area contributed by atoms with Gasteiger partial charge in [0.25, 0.3) is 0 Å². The summed E-state index contributed by atoms with van der Waals surface area (Å²) in [5, 5.41) is 0.557. The van der Waals surface area contributed by atoms with Gasteiger partial charge in [0.1, 0.15) is 11.0 Å². The van der Waals surface area contributed by atoms with Gasteiger partial charge >= 0.3 is 0 Å². The van der Waals surface area contributed by atoms with E-state index < -0.39 is 0 Å². The minimum atomic E-state index is -0.101. The molecule has 3 aliphatic carbocycles. The summed E-state index contributed by atoms with van der Waals surface area (Å²) in [7, 11) is 0. The van der Waals surface area contributed by atoms with E-state index in [0.717, 1.165) is 11.0 Å². The van der Waals surface area contributed by atoms with Crippen molar-refractivity contribution >= 4 is 34.5 Å². The summed E-state index contributed by atoms with van der Waals surface area (Å²) in [6.45, 7) is 21.0. The molecule has 0 spiro atoms. The fraction of sp³-hybridized carbons (Fsp3) is 0.515. The first kappa shape index (κ1) is 76.6. The molecule has 0 saturated carbocycles. The van der Waals surface area contributed by atoms with Crippen molar-refractivity contribution in [3.8, 4) is 77.9 Å². The molecule has 12 rings (SSSR count). The van der Waals surface area contributed by atoms with E-state index in [1.807, 2.05) is 11.8 Å². The van der Waals surface area contributed by atoms with Gasteiger partial charge in [-0.25, -0.2) is 0 Å². The standard InChI is InChI=1S/C99H128N2S2/c1-10-16-22-28-32-38-62-98(63-39-33-29-23-17-11-2)90-67-75(74-43-50-80(51-44-74)102-72(7)8)45-53-85(90)87-56-48-78(70-93(87)98)81-58-59-82(96-95(81)100-103-101-96)79-49-57-88-86-55-47-77(69-92(86)99(94(88)71-79,64-40-34-30-24-18-12-3)65-41-35-31-25-19-13-4)76-46-54-84-83-52-42-73(9)66-89(83)97(91(84)68-76,60-36-26-20-14-5)61-37-27-21-15-6/h42-59,66-72H,10-41,60-65H2,1-9H3. The van der Waals surface area contributed by atoms with E-state index in [9.17, 15) is 0 Å². The third kappa shape index (κ3) is 17.0. The third-order valence-electron chi connectivity index (χ3n) is 24.9. The lowest BCUT2D eigenvalue weighted by atomic mass is 9.69. The fourth-order valence-electron chi connectivity index (χ4n) is 19.3. The van der Waals surface area contributed by atoms with Crippen LogP contribution in [-0.4, -0.2) is 14.0 Å². The molecule has 3 aliphatic rings. The van der Waals surface area contributed by atoms with Gasteiger partial charge in [0.05, 0.1) is 11.7 Å². The molecule has 0 amide bonds. The van der Waals surface area contributed by atoms with Crippen molar-refractivity contribution in [1.82, 2.24) is 8.75 Å². The molecule has 0 unspecified atom stereocenters. The molecule has 546 valence electrons. The molecule has 0 radical (unpaired) electrons. The van der Waals surface area contributed by atoms with Gasteiger partial charge < -0.3 is 0 Å². The maximum Gasteiger partial charge on any atom is 0.113 e. The number of benzene rings is 8. The minimum Gasteiger partial charge on any atom is -0.172 e. The number of hydrogen-bond acceptors (Lipinski definition) is 4. The van der Waals surface area contributed by atoms with Crippen molar-refractivity contribution in [2.75, 3.05) is 0 Å². The van der Waals surface area contributed by atoms with E-state index in [1.165, 1.54) is 350 Å². The van der Waals surface area contributed by atoms with Crippen LogP contribution in [0.2, 0.25) is 0 Å². The van der Waals surface area contributed by atoms with Gasteiger partial charge in [-0.15, -0.1) is 11.8 Å². The molecule has 4 heteroatoms. The van der Waals surface area contributed by atoms with Gasteiger partial charge in [-0.3, -0.25) is 0 Å². The Morgan fingerprint density at radius 2 is 0.515 bits per heavy atom. The maximum atomic E-state index is 5.33. The van der Waals surface area contributed by atoms with Crippen molar-refractivity contribution in [2.45, 2.75) is 333 Å². The van der Waals surface area contributed by atoms with Gasteiger partial charge in [-0.2, -0.15) is 8.75 Å². The zero-order chi connectivity index (χ0) is 71.6. The fourth-order valence-corrected chi connectivity index (χ4v) is 20.7. The number of rotatable bonds is 44. The van der Waals surface area contributed by atoms with E-state index in [1.54, 1.807) is 27.8 Å². The van der Waals surface area contributed by atoms with E-state index >= 15 is 0 Å². The number of thioether (sulfide) groups is 1. The van der Waals surface area contributed by atoms with Crippen LogP contribution in [0.25, 0.3) is 88.9 Å². The molecular weight excluding hydrogens is 1280 g/mol. The predicted molar refractivity (Wildman–Crippen MR) is 453 cm³/mol. The van der Waals surface area contributed by atoms with Crippen LogP contribution in [0.3, 0.4) is 0 Å². The summed E-state index contributed by atoms with van der Waals surface area (Å²) >= 11 is 3.35. The Balaban J connectivity index is 0.941. The molecule has 0 N–H and O–H groups in total. The minimum absolute atomic E-state index is 0.0400. The highest BCUT2D eigenvalue weighted by Crippen LogP contribution is 2.60. The Morgan fingerprint density at radius 3 is 0.835 bits per heavy atom. The Hall–Kier alpha value is -6.07. The number of hydrogen-bond donors (Lipinski definition) is 0. The highest BCUT2D eigenvalue weighted by atomic mass is 32.2. The number of nitrogens with zero attached hydrogens (tertiary/aromatic N) is 2. The molecule has 103 heavy (non-hydrogen) atoms.